The summed E-state index contributed by atoms with van der Waals surface area (Å²) in [5.41, 5.74) is 5.41. The Morgan fingerprint density at radius 1 is 0.385 bits per heavy atom. The van der Waals surface area contributed by atoms with Gasteiger partial charge in [-0.25, -0.2) is 0 Å². The van der Waals surface area contributed by atoms with Gasteiger partial charge in [0.15, 0.2) is 18.9 Å². The monoisotopic (exact) mass is 1520 g/mol. The first-order valence-corrected chi connectivity index (χ1v) is 34.5. The van der Waals surface area contributed by atoms with Crippen molar-refractivity contribution in [3.8, 4) is 0 Å². The van der Waals surface area contributed by atoms with Crippen LogP contribution in [0, 0.1) is 31.2 Å². The summed E-state index contributed by atoms with van der Waals surface area (Å²) in [5, 5.41) is 240. The molecular formula is C58H114N13O33-3. The minimum Gasteiger partial charge on any atom is -0.737 e. The van der Waals surface area contributed by atoms with Crippen molar-refractivity contribution in [3.05, 3.63) is 31.2 Å². The molecule has 46 heteroatoms. The second-order valence-electron chi connectivity index (χ2n) is 25.6. The fourth-order valence-electron chi connectivity index (χ4n) is 12.5. The number of hydrogen-bond acceptors (Lipinski definition) is 40. The number of nitrogens with one attached hydrogen (secondary N) is 3. The van der Waals surface area contributed by atoms with Crippen molar-refractivity contribution in [3.63, 3.8) is 0 Å². The zero-order valence-corrected chi connectivity index (χ0v) is 59.6. The van der Waals surface area contributed by atoms with Crippen molar-refractivity contribution >= 4 is 0 Å². The van der Waals surface area contributed by atoms with Gasteiger partial charge in [0.25, 0.3) is 0 Å². The summed E-state index contributed by atoms with van der Waals surface area (Å²) < 4.78 is 66.7. The zero-order valence-electron chi connectivity index (χ0n) is 59.6. The smallest absolute Gasteiger partial charge is 0.187 e. The molecule has 6 fully saturated rings. The maximum Gasteiger partial charge on any atom is 0.187 e. The Kier molecular flexibility index (Phi) is 41.6. The first-order valence-electron chi connectivity index (χ1n) is 34.5. The van der Waals surface area contributed by atoms with E-state index in [4.69, 9.17) is 62.6 Å². The Balaban J connectivity index is 0.000000330. The number of methoxy groups -OCH3 is 3. The molecule has 6 rings (SSSR count). The zero-order chi connectivity index (χ0) is 77.7. The number of aliphatic hydroxyl groups is 15. The van der Waals surface area contributed by atoms with E-state index in [0.717, 1.165) is 23.0 Å². The lowest BCUT2D eigenvalue weighted by Crippen LogP contribution is -2.65. The van der Waals surface area contributed by atoms with Crippen LogP contribution < -0.4 is 21.7 Å². The molecule has 0 radical (unpaired) electrons. The number of nitrogens with zero attached hydrogens (tertiary/aromatic N) is 9. The number of hydrogen-bond donors (Lipinski definition) is 19. The molecule has 20 N–H and O–H groups in total. The second-order valence-corrected chi connectivity index (χ2v) is 25.6. The summed E-state index contributed by atoms with van der Waals surface area (Å²) >= 11 is 0. The highest BCUT2D eigenvalue weighted by Crippen LogP contribution is 2.34. The van der Waals surface area contributed by atoms with Gasteiger partial charge in [0.1, 0.15) is 153 Å². The van der Waals surface area contributed by atoms with E-state index in [1.54, 1.807) is 6.92 Å². The van der Waals surface area contributed by atoms with Crippen LogP contribution in [0.4, 0.5) is 0 Å². The molecule has 6 aliphatic heterocycles. The number of rotatable bonds is 38. The fraction of sp³-hybridized carbons (Fsp3) is 1.00. The third kappa shape index (κ3) is 25.4. The summed E-state index contributed by atoms with van der Waals surface area (Å²) in [4.78, 5) is -0.200. The minimum absolute atomic E-state index is 0.0229. The molecule has 6 saturated heterocycles. The van der Waals surface area contributed by atoms with Crippen LogP contribution in [0.15, 0.2) is 15.8 Å². The van der Waals surface area contributed by atoms with E-state index >= 15 is 0 Å². The van der Waals surface area contributed by atoms with Gasteiger partial charge in [-0.05, 0) is 81.9 Å². The van der Waals surface area contributed by atoms with Crippen LogP contribution in [0.5, 0.6) is 0 Å². The van der Waals surface area contributed by atoms with Crippen LogP contribution in [-0.4, -0.2) is 416 Å². The number of ether oxygens (including phenoxy) is 12. The largest absolute Gasteiger partial charge is 0.737 e. The molecule has 6 aliphatic rings. The first kappa shape index (κ1) is 92.1. The van der Waals surface area contributed by atoms with Gasteiger partial charge in [-0.15, -0.1) is 15.0 Å². The van der Waals surface area contributed by atoms with Gasteiger partial charge in [0.2, 0.25) is 0 Å². The third-order valence-electron chi connectivity index (χ3n) is 18.3. The van der Waals surface area contributed by atoms with Gasteiger partial charge in [0, 0.05) is 62.4 Å². The van der Waals surface area contributed by atoms with E-state index in [-0.39, 0.29) is 67.3 Å². The Hall–Kier alpha value is -4.24. The molecule has 3 unspecified atom stereocenters. The van der Waals surface area contributed by atoms with Crippen molar-refractivity contribution in [2.24, 2.45) is 21.6 Å². The molecule has 6 heterocycles. The molecule has 46 nitrogen and oxygen atoms in total. The molecule has 0 aromatic heterocycles. The van der Waals surface area contributed by atoms with E-state index in [2.05, 4.69) is 31.8 Å². The summed E-state index contributed by atoms with van der Waals surface area (Å²) in [6.45, 7) is 10.1. The molecule has 0 bridgehead atoms. The van der Waals surface area contributed by atoms with Crippen LogP contribution in [0.3, 0.4) is 0 Å². The number of aliphatic hydroxyl groups excluding tert-OH is 15. The van der Waals surface area contributed by atoms with E-state index in [1.807, 2.05) is 13.8 Å². The Morgan fingerprint density at radius 2 is 0.712 bits per heavy atom. The van der Waals surface area contributed by atoms with Gasteiger partial charge < -0.3 is 186 Å². The Labute approximate surface area is 600 Å². The highest BCUT2D eigenvalue weighted by Gasteiger charge is 2.54. The van der Waals surface area contributed by atoms with E-state index in [1.165, 1.54) is 40.2 Å². The molecular weight excluding hydrogens is 1410 g/mol. The third-order valence-corrected chi connectivity index (χ3v) is 18.3. The van der Waals surface area contributed by atoms with E-state index in [9.17, 15) is 108 Å². The van der Waals surface area contributed by atoms with Crippen LogP contribution in [0.25, 0.3) is 0 Å². The van der Waals surface area contributed by atoms with Crippen LogP contribution >= 0.6 is 0 Å². The molecule has 30 atom stereocenters. The first-order chi connectivity index (χ1) is 49.6. The second kappa shape index (κ2) is 47.0. The van der Waals surface area contributed by atoms with Crippen LogP contribution in [-0.2, 0) is 56.8 Å². The van der Waals surface area contributed by atoms with E-state index < -0.39 is 203 Å². The molecule has 0 amide bonds. The maximum atomic E-state index is 12.0. The van der Waals surface area contributed by atoms with Gasteiger partial charge in [-0.3, -0.25) is 0 Å². The highest BCUT2D eigenvalue weighted by molar-refractivity contribution is 4.99. The predicted molar refractivity (Wildman–Crippen MR) is 350 cm³/mol. The fourth-order valence-corrected chi connectivity index (χ4v) is 12.5. The molecule has 0 saturated carbocycles. The standard InChI is InChI=1S/2C20H40N4O11.C18H37N5O11/c1-4-7-23(24(31)22-30)8-5-6-21-9-12-18(32-3)16(28)17(29)20(34-12)35-19-13(10-25)33-11(2)14(26)15(19)27;1-4-6-21-7-5-8-23(24(31)22-30)9-12-18(32-3)16(28)17(29)20(34-12)35-19-13(10-25)33-11(2)14(26)15(19)27;1-9-12(25)13(26)17(11(8-24)32-9)34-18-15(28)14(27)16(31-2)10(33-18)7-20-4-6-22(5-3-19)23(30)21-29/h2*11-21,25-30H,4-10H2,1-3H3;9-18,20,24-29H,3-8,19H2,1-2H3/p-3/b2*24-22-;23-21-/t2*11-,12-,13-,14+,15-,16-,17-,18-,19?,20-;9-,10-,11-,12+,13-,14-,15-,16-,17?,18-/m111/s1. The Bertz CT molecular complexity index is 2430. The van der Waals surface area contributed by atoms with Crippen molar-refractivity contribution in [1.29, 1.82) is 0 Å². The van der Waals surface area contributed by atoms with Crippen molar-refractivity contribution in [2.75, 3.05) is 126 Å². The maximum absolute atomic E-state index is 12.0. The lowest BCUT2D eigenvalue weighted by molar-refractivity contribution is -0.692. The molecule has 0 spiro atoms. The van der Waals surface area contributed by atoms with Crippen molar-refractivity contribution in [1.82, 2.24) is 31.0 Å². The molecule has 104 heavy (non-hydrogen) atoms. The Morgan fingerprint density at radius 3 is 1.06 bits per heavy atom. The summed E-state index contributed by atoms with van der Waals surface area (Å²) in [6.07, 6.45) is -33.9. The lowest BCUT2D eigenvalue weighted by Gasteiger charge is -2.46. The topological polar surface area (TPSA) is 671 Å². The quantitative estimate of drug-likeness (QED) is 0.0118. The van der Waals surface area contributed by atoms with E-state index in [0.29, 0.717) is 45.4 Å². The summed E-state index contributed by atoms with van der Waals surface area (Å²) in [7, 11) is 3.96. The van der Waals surface area contributed by atoms with Crippen molar-refractivity contribution in [2.45, 2.75) is 244 Å². The average molecular weight is 1520 g/mol. The normalized spacial score (nSPS) is 38.7. The van der Waals surface area contributed by atoms with Gasteiger partial charge in [-0.2, -0.15) is 0 Å². The number of nitrogens with two attached hydrogens (primary N) is 1. The average Bonchev–Trinajstić information content (AvgIpc) is 0.796. The van der Waals surface area contributed by atoms with Gasteiger partial charge >= 0.3 is 0 Å². The molecule has 0 aliphatic carbocycles. The van der Waals surface area contributed by atoms with Gasteiger partial charge in [-0.1, -0.05) is 13.8 Å². The predicted octanol–water partition coefficient (Wildman–Crippen LogP) is -9.64. The van der Waals surface area contributed by atoms with Crippen molar-refractivity contribution < 1.29 is 148 Å². The van der Waals surface area contributed by atoms with Gasteiger partial charge in [0.05, 0.1) is 70.9 Å². The van der Waals surface area contributed by atoms with Crippen LogP contribution in [0.2, 0.25) is 0 Å². The summed E-state index contributed by atoms with van der Waals surface area (Å²) in [5.74, 6) is 0. The minimum atomic E-state index is -1.64. The summed E-state index contributed by atoms with van der Waals surface area (Å²) in [6, 6.07) is 0. The lowest BCUT2D eigenvalue weighted by atomic mass is 9.94. The number of hydrazine groups is 3. The highest BCUT2D eigenvalue weighted by atomic mass is 16.7. The molecule has 0 aromatic carbocycles. The molecule has 612 valence electrons. The van der Waals surface area contributed by atoms with Crippen LogP contribution in [0.1, 0.15) is 60.3 Å². The molecule has 0 aromatic rings. The SMILES string of the molecule is CCCN(CCCNC[C@H]1O[C@H](OC2[C@@H](CO)O[C@H](C)[C@H](O)[C@H]2O)[C@H](O)[C@@H](O)[C@@H]1OC)/[N+]([O-])=N/[O-].CCCNCCCN(C[C@H]1O[C@H](OC2[C@@H](CO)O[C@H](C)[C@H](O)[C@H]2O)[C@H](O)[C@@H](O)[C@@H]1OC)/[N+]([O-])=N/[O-].CO[C@H]1[C@H](O)[C@@H](O)[C@@H](OC2[C@@H](CO)O[C@H](C)[C@H](O)[C@H]2O)O[C@@H]1CNCCN(CCN)/[N+]([O-])=N/[O-].